The van der Waals surface area contributed by atoms with Crippen molar-refractivity contribution in [2.24, 2.45) is 0 Å². The van der Waals surface area contributed by atoms with Crippen molar-refractivity contribution in [2.45, 2.75) is 5.60 Å². The highest BCUT2D eigenvalue weighted by Crippen LogP contribution is 2.36. The van der Waals surface area contributed by atoms with E-state index in [1.165, 1.54) is 19.2 Å². The van der Waals surface area contributed by atoms with Crippen molar-refractivity contribution in [1.82, 2.24) is 0 Å². The fourth-order valence-corrected chi connectivity index (χ4v) is 2.69. The first-order valence-corrected chi connectivity index (χ1v) is 6.57. The highest BCUT2D eigenvalue weighted by Gasteiger charge is 2.43. The van der Waals surface area contributed by atoms with Gasteiger partial charge in [0.2, 0.25) is 5.60 Å². The third kappa shape index (κ3) is 2.52. The molecular weight excluding hydrogens is 299 g/mol. The van der Waals surface area contributed by atoms with Crippen molar-refractivity contribution in [3.8, 4) is 0 Å². The number of methoxy groups -OCH3 is 1. The molecule has 1 atom stereocenters. The summed E-state index contributed by atoms with van der Waals surface area (Å²) in [7, 11) is 1.34. The first kappa shape index (κ1) is 14.9. The molecule has 0 amide bonds. The molecule has 0 radical (unpaired) electrons. The number of halogens is 2. The lowest BCUT2D eigenvalue weighted by atomic mass is 9.86. The standard InChI is InChI=1S/C15H12Cl2O3/c1-20-15(14(18)19,10-5-3-2-4-6-10)11-7-12(16)9-13(17)8-11/h2-9H,1H3,(H,18,19). The van der Waals surface area contributed by atoms with Crippen LogP contribution in [0.25, 0.3) is 0 Å². The number of aliphatic carboxylic acids is 1. The summed E-state index contributed by atoms with van der Waals surface area (Å²) in [6.45, 7) is 0. The van der Waals surface area contributed by atoms with Gasteiger partial charge in [-0.2, -0.15) is 0 Å². The largest absolute Gasteiger partial charge is 0.479 e. The first-order chi connectivity index (χ1) is 9.50. The van der Waals surface area contributed by atoms with Gasteiger partial charge < -0.3 is 9.84 Å². The van der Waals surface area contributed by atoms with Crippen molar-refractivity contribution in [2.75, 3.05) is 7.11 Å². The lowest BCUT2D eigenvalue weighted by molar-refractivity contribution is -0.158. The number of carboxylic acid groups (broad SMARTS) is 1. The maximum absolute atomic E-state index is 11.9. The summed E-state index contributed by atoms with van der Waals surface area (Å²) in [5.74, 6) is -1.13. The third-order valence-corrected chi connectivity index (χ3v) is 3.49. The molecule has 104 valence electrons. The zero-order valence-corrected chi connectivity index (χ0v) is 12.2. The van der Waals surface area contributed by atoms with Crippen LogP contribution in [0.15, 0.2) is 48.5 Å². The Morgan fingerprint density at radius 1 is 1.05 bits per heavy atom. The van der Waals surface area contributed by atoms with Crippen LogP contribution in [0.5, 0.6) is 0 Å². The van der Waals surface area contributed by atoms with Crippen LogP contribution in [0.2, 0.25) is 10.0 Å². The Hall–Kier alpha value is -1.55. The molecule has 3 nitrogen and oxygen atoms in total. The molecule has 0 aromatic heterocycles. The maximum atomic E-state index is 11.9. The second-order valence-corrected chi connectivity index (χ2v) is 5.09. The number of ether oxygens (including phenoxy) is 1. The fourth-order valence-electron chi connectivity index (χ4n) is 2.17. The van der Waals surface area contributed by atoms with Gasteiger partial charge in [-0.1, -0.05) is 53.5 Å². The quantitative estimate of drug-likeness (QED) is 0.929. The normalized spacial score (nSPS) is 13.8. The van der Waals surface area contributed by atoms with E-state index < -0.39 is 11.6 Å². The molecule has 0 bridgehead atoms. The summed E-state index contributed by atoms with van der Waals surface area (Å²) in [6.07, 6.45) is 0. The Bertz CT molecular complexity index is 608. The van der Waals surface area contributed by atoms with Crippen molar-refractivity contribution in [3.63, 3.8) is 0 Å². The van der Waals surface area contributed by atoms with Gasteiger partial charge in [0, 0.05) is 22.7 Å². The van der Waals surface area contributed by atoms with Gasteiger partial charge in [0.25, 0.3) is 0 Å². The first-order valence-electron chi connectivity index (χ1n) is 5.81. The lowest BCUT2D eigenvalue weighted by Gasteiger charge is -2.29. The Balaban J connectivity index is 2.73. The van der Waals surface area contributed by atoms with Crippen LogP contribution in [0.4, 0.5) is 0 Å². The van der Waals surface area contributed by atoms with Crippen molar-refractivity contribution >= 4 is 29.2 Å². The van der Waals surface area contributed by atoms with Crippen LogP contribution in [0.3, 0.4) is 0 Å². The van der Waals surface area contributed by atoms with Gasteiger partial charge in [-0.25, -0.2) is 4.79 Å². The Kier molecular flexibility index (Phi) is 4.33. The van der Waals surface area contributed by atoms with Crippen molar-refractivity contribution in [1.29, 1.82) is 0 Å². The number of benzene rings is 2. The van der Waals surface area contributed by atoms with Gasteiger partial charge in [0.15, 0.2) is 0 Å². The molecule has 0 fully saturated rings. The van der Waals surface area contributed by atoms with Gasteiger partial charge in [0.1, 0.15) is 0 Å². The van der Waals surface area contributed by atoms with Crippen LogP contribution < -0.4 is 0 Å². The molecule has 2 rings (SSSR count). The summed E-state index contributed by atoms with van der Waals surface area (Å²) in [5, 5.41) is 10.4. The molecule has 1 N–H and O–H groups in total. The minimum Gasteiger partial charge on any atom is -0.479 e. The van der Waals surface area contributed by atoms with Gasteiger partial charge in [-0.05, 0) is 23.8 Å². The molecule has 2 aromatic rings. The summed E-state index contributed by atoms with van der Waals surface area (Å²) in [5.41, 5.74) is -0.778. The topological polar surface area (TPSA) is 46.5 Å². The number of carboxylic acids is 1. The van der Waals surface area contributed by atoms with E-state index in [1.807, 2.05) is 0 Å². The second kappa shape index (κ2) is 5.83. The number of hydrogen-bond donors (Lipinski definition) is 1. The van der Waals surface area contributed by atoms with E-state index in [2.05, 4.69) is 0 Å². The van der Waals surface area contributed by atoms with Gasteiger partial charge in [-0.15, -0.1) is 0 Å². The fraction of sp³-hybridized carbons (Fsp3) is 0.133. The molecular formula is C15H12Cl2O3. The monoisotopic (exact) mass is 310 g/mol. The highest BCUT2D eigenvalue weighted by molar-refractivity contribution is 6.34. The minimum absolute atomic E-state index is 0.353. The molecule has 5 heteroatoms. The van der Waals surface area contributed by atoms with E-state index >= 15 is 0 Å². The second-order valence-electron chi connectivity index (χ2n) is 4.21. The Morgan fingerprint density at radius 3 is 2.05 bits per heavy atom. The van der Waals surface area contributed by atoms with E-state index in [0.717, 1.165) is 0 Å². The molecule has 0 heterocycles. The molecule has 20 heavy (non-hydrogen) atoms. The molecule has 1 unspecified atom stereocenters. The molecule has 0 saturated carbocycles. The maximum Gasteiger partial charge on any atom is 0.345 e. The van der Waals surface area contributed by atoms with Crippen molar-refractivity contribution < 1.29 is 14.6 Å². The highest BCUT2D eigenvalue weighted by atomic mass is 35.5. The molecule has 0 aliphatic rings. The van der Waals surface area contributed by atoms with Crippen LogP contribution in [-0.2, 0) is 15.1 Å². The Labute approximate surface area is 126 Å². The summed E-state index contributed by atoms with van der Waals surface area (Å²) in [4.78, 5) is 11.9. The molecule has 0 aliphatic heterocycles. The molecule has 2 aromatic carbocycles. The van der Waals surface area contributed by atoms with E-state index in [0.29, 0.717) is 21.2 Å². The number of rotatable bonds is 4. The zero-order valence-electron chi connectivity index (χ0n) is 10.6. The average molecular weight is 311 g/mol. The van der Waals surface area contributed by atoms with Crippen LogP contribution in [-0.4, -0.2) is 18.2 Å². The summed E-state index contributed by atoms with van der Waals surface area (Å²) < 4.78 is 5.36. The molecule has 0 aliphatic carbocycles. The van der Waals surface area contributed by atoms with E-state index in [1.54, 1.807) is 36.4 Å². The van der Waals surface area contributed by atoms with Crippen molar-refractivity contribution in [3.05, 3.63) is 69.7 Å². The number of carbonyl (C=O) groups is 1. The SMILES string of the molecule is COC(C(=O)O)(c1ccccc1)c1cc(Cl)cc(Cl)c1. The Morgan fingerprint density at radius 2 is 1.60 bits per heavy atom. The van der Waals surface area contributed by atoms with Gasteiger partial charge >= 0.3 is 5.97 Å². The predicted molar refractivity (Wildman–Crippen MR) is 78.3 cm³/mol. The smallest absolute Gasteiger partial charge is 0.345 e. The third-order valence-electron chi connectivity index (χ3n) is 3.06. The van der Waals surface area contributed by atoms with E-state index in [-0.39, 0.29) is 0 Å². The van der Waals surface area contributed by atoms with Crippen LogP contribution >= 0.6 is 23.2 Å². The minimum atomic E-state index is -1.64. The van der Waals surface area contributed by atoms with Gasteiger partial charge in [-0.3, -0.25) is 0 Å². The van der Waals surface area contributed by atoms with Gasteiger partial charge in [0.05, 0.1) is 0 Å². The van der Waals surface area contributed by atoms with E-state index in [4.69, 9.17) is 27.9 Å². The average Bonchev–Trinajstić information content (AvgIpc) is 2.40. The zero-order chi connectivity index (χ0) is 14.8. The predicted octanol–water partition coefficient (Wildman–Crippen LogP) is 3.97. The molecule has 0 spiro atoms. The van der Waals surface area contributed by atoms with Crippen LogP contribution in [0.1, 0.15) is 11.1 Å². The number of hydrogen-bond acceptors (Lipinski definition) is 2. The summed E-state index contributed by atoms with van der Waals surface area (Å²) >= 11 is 11.9. The van der Waals surface area contributed by atoms with E-state index in [9.17, 15) is 9.90 Å². The summed E-state index contributed by atoms with van der Waals surface area (Å²) in [6, 6.07) is 13.3. The lowest BCUT2D eigenvalue weighted by Crippen LogP contribution is -2.39. The molecule has 0 saturated heterocycles. The van der Waals surface area contributed by atoms with Crippen LogP contribution in [0, 0.1) is 0 Å².